The molecule has 0 aliphatic carbocycles. The Morgan fingerprint density at radius 1 is 1.21 bits per heavy atom. The molecule has 2 aromatic carbocycles. The van der Waals surface area contributed by atoms with Crippen LogP contribution in [0.1, 0.15) is 26.2 Å². The average molecular weight is 522 g/mol. The molecule has 0 radical (unpaired) electrons. The zero-order valence-electron chi connectivity index (χ0n) is 21.0. The smallest absolute Gasteiger partial charge is 0.246 e. The van der Waals surface area contributed by atoms with Gasteiger partial charge in [0.15, 0.2) is 11.6 Å². The van der Waals surface area contributed by atoms with E-state index >= 15 is 0 Å². The molecule has 2 aromatic heterocycles. The highest BCUT2D eigenvalue weighted by Gasteiger charge is 2.19. The number of aromatic nitrogens is 4. The van der Waals surface area contributed by atoms with Crippen LogP contribution in [-0.2, 0) is 11.3 Å². The minimum absolute atomic E-state index is 0.181. The number of likely N-dealkylation sites (tertiary alicyclic amines) is 1. The van der Waals surface area contributed by atoms with Gasteiger partial charge in [0.05, 0.1) is 29.7 Å². The van der Waals surface area contributed by atoms with Gasteiger partial charge in [-0.05, 0) is 57.0 Å². The van der Waals surface area contributed by atoms with E-state index in [2.05, 4.69) is 37.5 Å². The minimum Gasteiger partial charge on any atom is -0.493 e. The van der Waals surface area contributed by atoms with E-state index in [9.17, 15) is 13.6 Å². The molecule has 1 fully saturated rings. The number of anilines is 3. The van der Waals surface area contributed by atoms with Gasteiger partial charge < -0.3 is 20.3 Å². The number of carbonyl (C=O) groups excluding carboxylic acids is 1. The van der Waals surface area contributed by atoms with Crippen molar-refractivity contribution >= 4 is 34.0 Å². The first kappa shape index (κ1) is 25.5. The van der Waals surface area contributed by atoms with Crippen LogP contribution in [0.4, 0.5) is 26.0 Å². The van der Waals surface area contributed by atoms with E-state index in [1.165, 1.54) is 42.5 Å². The van der Waals surface area contributed by atoms with Crippen molar-refractivity contribution in [3.8, 4) is 5.75 Å². The monoisotopic (exact) mass is 521 g/mol. The summed E-state index contributed by atoms with van der Waals surface area (Å²) >= 11 is 0. The molecule has 9 nitrogen and oxygen atoms in total. The molecule has 0 unspecified atom stereocenters. The summed E-state index contributed by atoms with van der Waals surface area (Å²) in [6, 6.07) is 9.94. The molecule has 0 bridgehead atoms. The Morgan fingerprint density at radius 3 is 2.95 bits per heavy atom. The van der Waals surface area contributed by atoms with Gasteiger partial charge in [0, 0.05) is 30.2 Å². The Bertz CT molecular complexity index is 1430. The van der Waals surface area contributed by atoms with E-state index in [0.29, 0.717) is 24.2 Å². The topological polar surface area (TPSA) is 97.2 Å². The molecule has 198 valence electrons. The lowest BCUT2D eigenvalue weighted by Crippen LogP contribution is -2.28. The van der Waals surface area contributed by atoms with Crippen molar-refractivity contribution in [1.82, 2.24) is 24.6 Å². The fourth-order valence-electron chi connectivity index (χ4n) is 4.60. The SMILES string of the molecule is C[C@@H]1CCCN1CCCOc1ccc2c(Nc3cnn(CC(=O)Nc4cccc(F)c4F)c3)ncnc2c1. The third-order valence-corrected chi connectivity index (χ3v) is 6.58. The molecular weight excluding hydrogens is 492 g/mol. The largest absolute Gasteiger partial charge is 0.493 e. The van der Waals surface area contributed by atoms with Crippen molar-refractivity contribution in [2.75, 3.05) is 30.3 Å². The number of nitrogens with zero attached hydrogens (tertiary/aromatic N) is 5. The highest BCUT2D eigenvalue weighted by molar-refractivity contribution is 5.92. The van der Waals surface area contributed by atoms with E-state index in [0.717, 1.165) is 35.7 Å². The van der Waals surface area contributed by atoms with Crippen LogP contribution in [0, 0.1) is 11.6 Å². The number of amides is 1. The first-order valence-corrected chi connectivity index (χ1v) is 12.6. The highest BCUT2D eigenvalue weighted by Crippen LogP contribution is 2.26. The Hall–Kier alpha value is -4.12. The maximum atomic E-state index is 13.8. The fourth-order valence-corrected chi connectivity index (χ4v) is 4.60. The summed E-state index contributed by atoms with van der Waals surface area (Å²) in [7, 11) is 0. The molecule has 11 heteroatoms. The maximum absolute atomic E-state index is 13.8. The van der Waals surface area contributed by atoms with Crippen LogP contribution < -0.4 is 15.4 Å². The predicted molar refractivity (Wildman–Crippen MR) is 140 cm³/mol. The van der Waals surface area contributed by atoms with Crippen molar-refractivity contribution in [3.63, 3.8) is 0 Å². The Balaban J connectivity index is 1.17. The average Bonchev–Trinajstić information content (AvgIpc) is 3.52. The van der Waals surface area contributed by atoms with Gasteiger partial charge in [-0.15, -0.1) is 0 Å². The summed E-state index contributed by atoms with van der Waals surface area (Å²) in [5.41, 5.74) is 1.11. The number of hydrogen-bond acceptors (Lipinski definition) is 7. The van der Waals surface area contributed by atoms with Gasteiger partial charge in [0.2, 0.25) is 5.91 Å². The number of carbonyl (C=O) groups is 1. The summed E-state index contributed by atoms with van der Waals surface area (Å²) in [6.07, 6.45) is 8.15. The summed E-state index contributed by atoms with van der Waals surface area (Å²) in [4.78, 5) is 23.5. The number of ether oxygens (including phenoxy) is 1. The molecular formula is C27H29F2N7O2. The fraction of sp³-hybridized carbons (Fsp3) is 0.333. The van der Waals surface area contributed by atoms with Gasteiger partial charge in [0.25, 0.3) is 0 Å². The quantitative estimate of drug-likeness (QED) is 0.291. The zero-order chi connectivity index (χ0) is 26.5. The Morgan fingerprint density at radius 2 is 2.11 bits per heavy atom. The van der Waals surface area contributed by atoms with Gasteiger partial charge in [-0.3, -0.25) is 9.48 Å². The molecule has 0 spiro atoms. The molecule has 2 N–H and O–H groups in total. The number of halogens is 2. The van der Waals surface area contributed by atoms with Gasteiger partial charge in [-0.2, -0.15) is 5.10 Å². The second-order valence-corrected chi connectivity index (χ2v) is 9.33. The number of nitrogens with one attached hydrogen (secondary N) is 2. The molecule has 3 heterocycles. The van der Waals surface area contributed by atoms with Gasteiger partial charge in [0.1, 0.15) is 24.4 Å². The normalized spacial score (nSPS) is 15.6. The lowest BCUT2D eigenvalue weighted by molar-refractivity contribution is -0.116. The van der Waals surface area contributed by atoms with Crippen LogP contribution in [-0.4, -0.2) is 56.3 Å². The molecule has 1 aliphatic heterocycles. The van der Waals surface area contributed by atoms with Crippen LogP contribution in [0.15, 0.2) is 55.1 Å². The van der Waals surface area contributed by atoms with Gasteiger partial charge in [-0.1, -0.05) is 6.07 Å². The minimum atomic E-state index is -1.11. The van der Waals surface area contributed by atoms with E-state index in [1.54, 1.807) is 12.4 Å². The summed E-state index contributed by atoms with van der Waals surface area (Å²) in [6.45, 7) is 4.96. The van der Waals surface area contributed by atoms with Crippen molar-refractivity contribution in [3.05, 3.63) is 66.8 Å². The van der Waals surface area contributed by atoms with E-state index < -0.39 is 17.5 Å². The number of rotatable bonds is 10. The molecule has 38 heavy (non-hydrogen) atoms. The first-order valence-electron chi connectivity index (χ1n) is 12.6. The van der Waals surface area contributed by atoms with E-state index in [4.69, 9.17) is 4.74 Å². The van der Waals surface area contributed by atoms with Crippen LogP contribution in [0.25, 0.3) is 10.9 Å². The lowest BCUT2D eigenvalue weighted by atomic mass is 10.2. The van der Waals surface area contributed by atoms with E-state index in [-0.39, 0.29) is 12.2 Å². The van der Waals surface area contributed by atoms with Crippen LogP contribution in [0.5, 0.6) is 5.75 Å². The van der Waals surface area contributed by atoms with Crippen molar-refractivity contribution in [1.29, 1.82) is 0 Å². The predicted octanol–water partition coefficient (Wildman–Crippen LogP) is 4.74. The molecule has 1 atom stereocenters. The third-order valence-electron chi connectivity index (χ3n) is 6.58. The number of fused-ring (bicyclic) bond motifs is 1. The molecule has 1 saturated heterocycles. The van der Waals surface area contributed by atoms with Gasteiger partial charge in [-0.25, -0.2) is 18.7 Å². The van der Waals surface area contributed by atoms with Gasteiger partial charge >= 0.3 is 0 Å². The van der Waals surface area contributed by atoms with Crippen molar-refractivity contribution < 1.29 is 18.3 Å². The number of benzene rings is 2. The third kappa shape index (κ3) is 6.05. The summed E-state index contributed by atoms with van der Waals surface area (Å²) in [5, 5.41) is 10.5. The second kappa shape index (κ2) is 11.5. The second-order valence-electron chi connectivity index (χ2n) is 9.33. The Labute approximate surface area is 218 Å². The van der Waals surface area contributed by atoms with Crippen LogP contribution >= 0.6 is 0 Å². The molecule has 1 amide bonds. The van der Waals surface area contributed by atoms with E-state index in [1.807, 2.05) is 18.2 Å². The summed E-state index contributed by atoms with van der Waals surface area (Å²) < 4.78 is 34.5. The van der Waals surface area contributed by atoms with Crippen molar-refractivity contribution in [2.45, 2.75) is 38.8 Å². The first-order chi connectivity index (χ1) is 18.5. The maximum Gasteiger partial charge on any atom is 0.246 e. The molecule has 0 saturated carbocycles. The lowest BCUT2D eigenvalue weighted by Gasteiger charge is -2.20. The summed E-state index contributed by atoms with van der Waals surface area (Å²) in [5.74, 6) is -1.35. The molecule has 1 aliphatic rings. The Kier molecular flexibility index (Phi) is 7.73. The zero-order valence-corrected chi connectivity index (χ0v) is 21.0. The number of hydrogen-bond donors (Lipinski definition) is 2. The highest BCUT2D eigenvalue weighted by atomic mass is 19.2. The van der Waals surface area contributed by atoms with Crippen molar-refractivity contribution in [2.24, 2.45) is 0 Å². The van der Waals surface area contributed by atoms with Crippen LogP contribution in [0.3, 0.4) is 0 Å². The van der Waals surface area contributed by atoms with Crippen LogP contribution in [0.2, 0.25) is 0 Å². The molecule has 4 aromatic rings. The molecule has 5 rings (SSSR count). The standard InChI is InChI=1S/C27H29F2N7O2/c1-18-5-3-10-35(18)11-4-12-38-20-8-9-21-24(13-20)30-17-31-27(21)33-19-14-32-36(15-19)16-25(37)34-23-7-2-6-22(28)26(23)29/h2,6-9,13-15,17-18H,3-5,10-12,16H2,1H3,(H,34,37)(H,30,31,33)/t18-/m1/s1.